The van der Waals surface area contributed by atoms with E-state index in [1.54, 1.807) is 20.8 Å². The lowest BCUT2D eigenvalue weighted by atomic mass is 10.1. The fourth-order valence-corrected chi connectivity index (χ4v) is 5.46. The van der Waals surface area contributed by atoms with Crippen molar-refractivity contribution in [2.24, 2.45) is 5.73 Å². The number of nitrogens with one attached hydrogen (secondary N) is 8. The second kappa shape index (κ2) is 23.6. The molecule has 1 saturated heterocycles. The molecule has 60 heavy (non-hydrogen) atoms. The number of carbonyl (C=O) groups excluding carboxylic acids is 6. The topological polar surface area (TPSA) is 388 Å². The number of halogens is 1. The van der Waals surface area contributed by atoms with Crippen LogP contribution in [0.2, 0.25) is 0 Å². The summed E-state index contributed by atoms with van der Waals surface area (Å²) in [6.45, 7) is 4.89. The molecule has 1 aliphatic heterocycles. The molecule has 1 aromatic heterocycles. The number of nitrogens with two attached hydrogens (primary N) is 1. The SMILES string of the molecule is CC(=O)NCCCCC(NC(=O)CC(NC(=O)CNC(=O)C(CCCNC(=N)N)NC(=O)OC(C)(C)C)C(=O)O)C(=O)Nc1nc(=O)n([C@@H]2O[C@H](CO)C(O)[C@@H]2O)cc1F. The smallest absolute Gasteiger partial charge is 0.408 e. The molecule has 25 nitrogen and oxygen atoms in total. The molecule has 0 bridgehead atoms. The van der Waals surface area contributed by atoms with Gasteiger partial charge in [0.2, 0.25) is 29.5 Å². The first-order chi connectivity index (χ1) is 28.0. The molecule has 2 rings (SSSR count). The molecule has 0 aliphatic carbocycles. The van der Waals surface area contributed by atoms with Crippen LogP contribution in [-0.2, 0) is 38.2 Å². The third kappa shape index (κ3) is 17.1. The van der Waals surface area contributed by atoms with Gasteiger partial charge in [-0.05, 0) is 52.9 Å². The Labute approximate surface area is 342 Å². The summed E-state index contributed by atoms with van der Waals surface area (Å²) in [4.78, 5) is 104. The number of guanidine groups is 1. The van der Waals surface area contributed by atoms with Gasteiger partial charge in [0, 0.05) is 20.0 Å². The van der Waals surface area contributed by atoms with E-state index in [1.807, 2.05) is 0 Å². The van der Waals surface area contributed by atoms with E-state index in [1.165, 1.54) is 6.92 Å². The Hall–Kier alpha value is -5.99. The predicted molar refractivity (Wildman–Crippen MR) is 204 cm³/mol. The minimum Gasteiger partial charge on any atom is -0.480 e. The Kier molecular flexibility index (Phi) is 19.7. The highest BCUT2D eigenvalue weighted by molar-refractivity contribution is 5.97. The van der Waals surface area contributed by atoms with E-state index in [-0.39, 0.29) is 50.6 Å². The fourth-order valence-electron chi connectivity index (χ4n) is 5.46. The fraction of sp³-hybridized carbons (Fsp3) is 0.647. The van der Waals surface area contributed by atoms with Gasteiger partial charge in [-0.2, -0.15) is 4.98 Å². The van der Waals surface area contributed by atoms with Crippen molar-refractivity contribution in [3.8, 4) is 0 Å². The molecule has 336 valence electrons. The molecule has 1 aliphatic rings. The number of aliphatic carboxylic acids is 1. The summed E-state index contributed by atoms with van der Waals surface area (Å²) in [6.07, 6.45) is -7.10. The molecule has 1 aromatic rings. The minimum absolute atomic E-state index is 0.00822. The van der Waals surface area contributed by atoms with Crippen LogP contribution in [0.1, 0.15) is 72.4 Å². The van der Waals surface area contributed by atoms with Crippen molar-refractivity contribution in [2.45, 2.75) is 114 Å². The number of hydrogen-bond acceptors (Lipinski definition) is 15. The molecule has 26 heteroatoms. The molecular weight excluding hydrogens is 805 g/mol. The molecule has 0 aromatic carbocycles. The lowest BCUT2D eigenvalue weighted by Crippen LogP contribution is -2.52. The number of nitrogens with zero attached hydrogens (tertiary/aromatic N) is 2. The van der Waals surface area contributed by atoms with Crippen molar-refractivity contribution >= 4 is 53.4 Å². The lowest BCUT2D eigenvalue weighted by Gasteiger charge is -2.23. The summed E-state index contributed by atoms with van der Waals surface area (Å²) < 4.78 is 26.1. The van der Waals surface area contributed by atoms with Crippen LogP contribution >= 0.6 is 0 Å². The van der Waals surface area contributed by atoms with Crippen molar-refractivity contribution in [2.75, 3.05) is 31.6 Å². The summed E-state index contributed by atoms with van der Waals surface area (Å²) >= 11 is 0. The quantitative estimate of drug-likeness (QED) is 0.0300. The van der Waals surface area contributed by atoms with Crippen molar-refractivity contribution < 1.29 is 67.9 Å². The van der Waals surface area contributed by atoms with Crippen LogP contribution in [0.25, 0.3) is 0 Å². The third-order valence-electron chi connectivity index (χ3n) is 8.32. The number of unbranched alkanes of at least 4 members (excludes halogenated alkanes) is 1. The number of anilines is 1. The van der Waals surface area contributed by atoms with Crippen LogP contribution in [0.15, 0.2) is 11.0 Å². The van der Waals surface area contributed by atoms with E-state index in [0.29, 0.717) is 17.2 Å². The molecule has 4 unspecified atom stereocenters. The van der Waals surface area contributed by atoms with Crippen molar-refractivity contribution in [3.63, 3.8) is 0 Å². The van der Waals surface area contributed by atoms with Gasteiger partial charge in [0.25, 0.3) is 0 Å². The number of carboxylic acid groups (broad SMARTS) is 1. The van der Waals surface area contributed by atoms with E-state index in [9.17, 15) is 58.8 Å². The molecular formula is C34H54FN11O14. The number of carboxylic acids is 1. The van der Waals surface area contributed by atoms with Gasteiger partial charge >= 0.3 is 17.8 Å². The molecule has 0 radical (unpaired) electrons. The van der Waals surface area contributed by atoms with Crippen LogP contribution in [0.5, 0.6) is 0 Å². The Bertz CT molecular complexity index is 1780. The van der Waals surface area contributed by atoms with Crippen LogP contribution < -0.4 is 48.6 Å². The Balaban J connectivity index is 2.13. The number of hydrogen-bond donors (Lipinski definition) is 13. The highest BCUT2D eigenvalue weighted by Gasteiger charge is 2.44. The van der Waals surface area contributed by atoms with Crippen LogP contribution in [-0.4, -0.2) is 146 Å². The normalized spacial score (nSPS) is 18.8. The van der Waals surface area contributed by atoms with E-state index >= 15 is 4.39 Å². The van der Waals surface area contributed by atoms with Gasteiger partial charge in [-0.25, -0.2) is 18.8 Å². The first kappa shape index (κ1) is 50.2. The van der Waals surface area contributed by atoms with Crippen molar-refractivity contribution in [3.05, 3.63) is 22.5 Å². The average Bonchev–Trinajstić information content (AvgIpc) is 3.43. The number of aromatic nitrogens is 2. The molecule has 0 saturated carbocycles. The third-order valence-corrected chi connectivity index (χ3v) is 8.32. The van der Waals surface area contributed by atoms with Gasteiger partial charge in [0.15, 0.2) is 23.8 Å². The number of aliphatic hydroxyl groups is 3. The van der Waals surface area contributed by atoms with E-state index in [2.05, 4.69) is 42.2 Å². The molecule has 14 N–H and O–H groups in total. The Morgan fingerprint density at radius 2 is 1.55 bits per heavy atom. The summed E-state index contributed by atoms with van der Waals surface area (Å²) in [5, 5.41) is 62.7. The number of ether oxygens (including phenoxy) is 2. The zero-order valence-electron chi connectivity index (χ0n) is 33.4. The average molecular weight is 860 g/mol. The van der Waals surface area contributed by atoms with Gasteiger partial charge in [-0.1, -0.05) is 0 Å². The second-order valence-corrected chi connectivity index (χ2v) is 14.5. The highest BCUT2D eigenvalue weighted by Crippen LogP contribution is 2.28. The minimum atomic E-state index is -1.89. The Morgan fingerprint density at radius 3 is 2.13 bits per heavy atom. The maximum Gasteiger partial charge on any atom is 0.408 e. The number of rotatable bonds is 22. The van der Waals surface area contributed by atoms with Gasteiger partial charge in [-0.15, -0.1) is 0 Å². The maximum atomic E-state index is 15.2. The van der Waals surface area contributed by atoms with Gasteiger partial charge in [0.05, 0.1) is 25.8 Å². The monoisotopic (exact) mass is 859 g/mol. The van der Waals surface area contributed by atoms with Gasteiger partial charge in [0.1, 0.15) is 42.0 Å². The van der Waals surface area contributed by atoms with E-state index < -0.39 is 121 Å². The number of alkyl carbamates (subject to hydrolysis) is 1. The number of aliphatic hydroxyl groups excluding tert-OH is 3. The number of amides is 6. The number of carbonyl (C=O) groups is 7. The highest BCUT2D eigenvalue weighted by atomic mass is 19.1. The predicted octanol–water partition coefficient (Wildman–Crippen LogP) is -4.04. The molecule has 2 heterocycles. The molecule has 7 atom stereocenters. The standard InChI is InChI=1S/C34H54FN11O14/c1-16(48)38-10-6-5-8-19(28(54)44-26-17(35)14-46(32(57)45-26)29-25(52)24(51)21(15-47)59-29)41-22(49)12-20(30(55)56)42-23(50)13-40-27(53)18(9-7-11-39-31(36)37)43-33(58)60-34(2,3)4/h14,18-21,24-25,29,47,51-52H,5-13,15H2,1-4H3,(H,38,48)(H,40,53)(H,41,49)(H,42,50)(H,43,58)(H,55,56)(H4,36,37,39)(H,44,45,54,57)/t18?,19?,20?,21-,24?,25+,29-/m1/s1. The van der Waals surface area contributed by atoms with E-state index in [4.69, 9.17) is 20.6 Å². The Morgan fingerprint density at radius 1 is 0.933 bits per heavy atom. The molecule has 6 amide bonds. The van der Waals surface area contributed by atoms with E-state index in [0.717, 1.165) is 0 Å². The van der Waals surface area contributed by atoms with Crippen molar-refractivity contribution in [1.82, 2.24) is 41.5 Å². The van der Waals surface area contributed by atoms with Gasteiger partial charge in [-0.3, -0.25) is 33.9 Å². The van der Waals surface area contributed by atoms with Crippen molar-refractivity contribution in [1.29, 1.82) is 5.41 Å². The second-order valence-electron chi connectivity index (χ2n) is 14.5. The summed E-state index contributed by atoms with van der Waals surface area (Å²) in [7, 11) is 0. The lowest BCUT2D eigenvalue weighted by molar-refractivity contribution is -0.143. The van der Waals surface area contributed by atoms with Crippen LogP contribution in [0.4, 0.5) is 15.0 Å². The van der Waals surface area contributed by atoms with Gasteiger partial charge < -0.3 is 72.9 Å². The van der Waals surface area contributed by atoms with Crippen LogP contribution in [0, 0.1) is 11.2 Å². The zero-order chi connectivity index (χ0) is 45.3. The zero-order valence-corrected chi connectivity index (χ0v) is 33.4. The maximum absolute atomic E-state index is 15.2. The molecule has 0 spiro atoms. The first-order valence-corrected chi connectivity index (χ1v) is 18.7. The summed E-state index contributed by atoms with van der Waals surface area (Å²) in [5.74, 6) is -8.64. The summed E-state index contributed by atoms with van der Waals surface area (Å²) in [6, 6.07) is -4.63. The molecule has 1 fully saturated rings. The largest absolute Gasteiger partial charge is 0.480 e. The van der Waals surface area contributed by atoms with Crippen LogP contribution in [0.3, 0.4) is 0 Å². The first-order valence-electron chi connectivity index (χ1n) is 18.7. The summed E-state index contributed by atoms with van der Waals surface area (Å²) in [5.41, 5.74) is 3.10.